The van der Waals surface area contributed by atoms with Crippen molar-refractivity contribution in [3.63, 3.8) is 0 Å². The Hall–Kier alpha value is -1.09. The largest absolute Gasteiger partial charge is 0.367 e. The minimum atomic E-state index is 0.0128. The first-order valence-corrected chi connectivity index (χ1v) is 7.63. The molecule has 3 heteroatoms. The van der Waals surface area contributed by atoms with Crippen LogP contribution in [0.3, 0.4) is 0 Å². The van der Waals surface area contributed by atoms with E-state index in [2.05, 4.69) is 32.2 Å². The van der Waals surface area contributed by atoms with E-state index in [0.717, 1.165) is 31.3 Å². The first-order valence-electron chi connectivity index (χ1n) is 7.63. The van der Waals surface area contributed by atoms with E-state index in [4.69, 9.17) is 4.74 Å². The summed E-state index contributed by atoms with van der Waals surface area (Å²) in [4.78, 5) is 11.4. The monoisotopic (exact) mass is 279 g/mol. The smallest absolute Gasteiger partial charge is 0.243 e. The number of nitrogens with one attached hydrogen (secondary N) is 1. The lowest BCUT2D eigenvalue weighted by Gasteiger charge is -2.02. The minimum Gasteiger partial charge on any atom is -0.367 e. The number of hydrogen-bond donors (Lipinski definition) is 1. The van der Waals surface area contributed by atoms with E-state index in [9.17, 15) is 4.79 Å². The molecule has 0 aliphatic carbocycles. The van der Waals surface area contributed by atoms with Gasteiger partial charge in [-0.3, -0.25) is 4.79 Å². The van der Waals surface area contributed by atoms with Crippen LogP contribution in [0, 0.1) is 0 Å². The number of rotatable bonds is 8. The molecule has 1 saturated heterocycles. The molecule has 1 fully saturated rings. The van der Waals surface area contributed by atoms with Crippen LogP contribution in [-0.4, -0.2) is 24.2 Å². The van der Waals surface area contributed by atoms with Crippen LogP contribution in [0.25, 0.3) is 0 Å². The average Bonchev–Trinajstić information content (AvgIpc) is 2.94. The van der Waals surface area contributed by atoms with Crippen LogP contribution in [-0.2, 0) is 9.53 Å². The molecular weight excluding hydrogens is 250 g/mol. The Kier molecular flexibility index (Phi) is 6.47. The number of carbonyl (C=O) groups is 1. The van der Waals surface area contributed by atoms with E-state index in [-0.39, 0.29) is 11.5 Å². The minimum absolute atomic E-state index is 0.0128. The molecule has 0 spiro atoms. The summed E-state index contributed by atoms with van der Waals surface area (Å²) in [6, 6.07) is 0. The Labute approximate surface area is 123 Å². The van der Waals surface area contributed by atoms with Crippen molar-refractivity contribution in [3.8, 4) is 0 Å². The number of epoxide rings is 1. The van der Waals surface area contributed by atoms with Gasteiger partial charge in [-0.2, -0.15) is 0 Å². The van der Waals surface area contributed by atoms with Crippen molar-refractivity contribution in [2.75, 3.05) is 6.54 Å². The summed E-state index contributed by atoms with van der Waals surface area (Å²) in [6.07, 6.45) is 8.58. The highest BCUT2D eigenvalue weighted by atomic mass is 16.6. The van der Waals surface area contributed by atoms with Crippen LogP contribution in [0.1, 0.15) is 60.3 Å². The molecule has 1 rings (SSSR count). The molecule has 0 saturated carbocycles. The average molecular weight is 279 g/mol. The fourth-order valence-corrected chi connectivity index (χ4v) is 2.27. The van der Waals surface area contributed by atoms with Gasteiger partial charge in [0.15, 0.2) is 0 Å². The van der Waals surface area contributed by atoms with Gasteiger partial charge in [0.05, 0.1) is 11.7 Å². The maximum absolute atomic E-state index is 11.4. The van der Waals surface area contributed by atoms with Gasteiger partial charge in [-0.15, -0.1) is 0 Å². The predicted molar refractivity (Wildman–Crippen MR) is 83.6 cm³/mol. The second-order valence-electron chi connectivity index (χ2n) is 6.22. The Morgan fingerprint density at radius 1 is 1.25 bits per heavy atom. The highest BCUT2D eigenvalue weighted by molar-refractivity contribution is 5.88. The normalized spacial score (nSPS) is 21.8. The molecule has 1 amide bonds. The second kappa shape index (κ2) is 7.63. The number of allylic oxidation sites excluding steroid dienone is 3. The van der Waals surface area contributed by atoms with Gasteiger partial charge >= 0.3 is 0 Å². The van der Waals surface area contributed by atoms with Gasteiger partial charge in [-0.1, -0.05) is 17.2 Å². The molecule has 1 aliphatic rings. The predicted octanol–water partition coefficient (Wildman–Crippen LogP) is 3.75. The molecule has 0 aromatic rings. The van der Waals surface area contributed by atoms with Crippen LogP contribution in [0.4, 0.5) is 0 Å². The molecule has 1 heterocycles. The van der Waals surface area contributed by atoms with E-state index < -0.39 is 0 Å². The zero-order valence-corrected chi connectivity index (χ0v) is 13.6. The van der Waals surface area contributed by atoms with Gasteiger partial charge in [0.25, 0.3) is 0 Å². The van der Waals surface area contributed by atoms with E-state index in [1.807, 2.05) is 13.8 Å². The van der Waals surface area contributed by atoms with E-state index >= 15 is 0 Å². The molecule has 3 nitrogen and oxygen atoms in total. The van der Waals surface area contributed by atoms with Crippen LogP contribution in [0.15, 0.2) is 23.3 Å². The van der Waals surface area contributed by atoms with Crippen LogP contribution < -0.4 is 5.32 Å². The third-order valence-electron chi connectivity index (χ3n) is 3.73. The molecular formula is C17H29NO2. The maximum Gasteiger partial charge on any atom is 0.243 e. The summed E-state index contributed by atoms with van der Waals surface area (Å²) in [5.41, 5.74) is 2.65. The van der Waals surface area contributed by atoms with Crippen molar-refractivity contribution in [1.29, 1.82) is 0 Å². The van der Waals surface area contributed by atoms with Crippen molar-refractivity contribution in [1.82, 2.24) is 5.32 Å². The molecule has 0 aromatic carbocycles. The number of likely N-dealkylation sites (N-methyl/N-ethyl adjacent to an activating group) is 1. The number of hydrogen-bond acceptors (Lipinski definition) is 2. The van der Waals surface area contributed by atoms with Crippen LogP contribution in [0.2, 0.25) is 0 Å². The van der Waals surface area contributed by atoms with Crippen LogP contribution >= 0.6 is 0 Å². The molecule has 1 aliphatic heterocycles. The Morgan fingerprint density at radius 3 is 2.45 bits per heavy atom. The summed E-state index contributed by atoms with van der Waals surface area (Å²) in [6.45, 7) is 11.1. The van der Waals surface area contributed by atoms with Crippen molar-refractivity contribution >= 4 is 5.91 Å². The molecule has 0 radical (unpaired) electrons. The SMILES string of the molecule is CCNC(=O)/C=C(\C)CC/C=C(\C)CCC1OC1(C)C. The number of ether oxygens (including phenoxy) is 1. The fraction of sp³-hybridized carbons (Fsp3) is 0.706. The van der Waals surface area contributed by atoms with Gasteiger partial charge in [0, 0.05) is 12.6 Å². The van der Waals surface area contributed by atoms with Crippen molar-refractivity contribution in [3.05, 3.63) is 23.3 Å². The first kappa shape index (κ1) is 17.0. The lowest BCUT2D eigenvalue weighted by atomic mass is 10.0. The molecule has 1 N–H and O–H groups in total. The summed E-state index contributed by atoms with van der Waals surface area (Å²) >= 11 is 0. The van der Waals surface area contributed by atoms with Gasteiger partial charge in [0.1, 0.15) is 0 Å². The fourth-order valence-electron chi connectivity index (χ4n) is 2.27. The Balaban J connectivity index is 2.21. The lowest BCUT2D eigenvalue weighted by molar-refractivity contribution is -0.116. The summed E-state index contributed by atoms with van der Waals surface area (Å²) in [5, 5.41) is 2.78. The molecule has 0 aromatic heterocycles. The maximum atomic E-state index is 11.4. The molecule has 0 bridgehead atoms. The summed E-state index contributed by atoms with van der Waals surface area (Å²) < 4.78 is 5.58. The van der Waals surface area contributed by atoms with E-state index in [1.165, 1.54) is 5.57 Å². The first-order chi connectivity index (χ1) is 9.35. The highest BCUT2D eigenvalue weighted by Crippen LogP contribution is 2.38. The van der Waals surface area contributed by atoms with Crippen molar-refractivity contribution in [2.24, 2.45) is 0 Å². The quantitative estimate of drug-likeness (QED) is 0.417. The highest BCUT2D eigenvalue weighted by Gasteiger charge is 2.46. The molecule has 20 heavy (non-hydrogen) atoms. The zero-order valence-electron chi connectivity index (χ0n) is 13.6. The van der Waals surface area contributed by atoms with Gasteiger partial charge in [0.2, 0.25) is 5.91 Å². The Bertz CT molecular complexity index is 394. The summed E-state index contributed by atoms with van der Waals surface area (Å²) in [5.74, 6) is 0.0128. The Morgan fingerprint density at radius 2 is 1.90 bits per heavy atom. The third kappa shape index (κ3) is 6.38. The zero-order chi connectivity index (χ0) is 15.2. The van der Waals surface area contributed by atoms with Gasteiger partial charge in [-0.25, -0.2) is 0 Å². The second-order valence-corrected chi connectivity index (χ2v) is 6.22. The van der Waals surface area contributed by atoms with Crippen LogP contribution in [0.5, 0.6) is 0 Å². The number of amides is 1. The van der Waals surface area contributed by atoms with Crippen molar-refractivity contribution < 1.29 is 9.53 Å². The van der Waals surface area contributed by atoms with Gasteiger partial charge < -0.3 is 10.1 Å². The lowest BCUT2D eigenvalue weighted by Crippen LogP contribution is -2.20. The summed E-state index contributed by atoms with van der Waals surface area (Å²) in [7, 11) is 0. The molecule has 1 atom stereocenters. The number of carbonyl (C=O) groups excluding carboxylic acids is 1. The van der Waals surface area contributed by atoms with Crippen molar-refractivity contribution in [2.45, 2.75) is 72.0 Å². The van der Waals surface area contributed by atoms with E-state index in [1.54, 1.807) is 6.08 Å². The topological polar surface area (TPSA) is 41.6 Å². The van der Waals surface area contributed by atoms with Gasteiger partial charge in [-0.05, 0) is 60.3 Å². The molecule has 1 unspecified atom stereocenters. The molecule has 114 valence electrons. The standard InChI is InChI=1S/C17H29NO2/c1-6-18-16(19)12-14(3)9-7-8-13(2)10-11-15-17(4,5)20-15/h8,12,15H,6-7,9-11H2,1-5H3,(H,18,19)/b13-8+,14-12+. The van der Waals surface area contributed by atoms with E-state index in [0.29, 0.717) is 12.6 Å². The third-order valence-corrected chi connectivity index (χ3v) is 3.73.